The number of amides is 1. The van der Waals surface area contributed by atoms with Crippen molar-refractivity contribution in [2.75, 3.05) is 31.6 Å². The minimum Gasteiger partial charge on any atom is -0.497 e. The van der Waals surface area contributed by atoms with E-state index >= 15 is 0 Å². The van der Waals surface area contributed by atoms with Gasteiger partial charge < -0.3 is 19.5 Å². The van der Waals surface area contributed by atoms with Gasteiger partial charge in [-0.3, -0.25) is 4.79 Å². The molecule has 0 aliphatic carbocycles. The largest absolute Gasteiger partial charge is 0.497 e. The fourth-order valence-electron chi connectivity index (χ4n) is 3.80. The van der Waals surface area contributed by atoms with Crippen molar-refractivity contribution in [2.24, 2.45) is 5.92 Å². The van der Waals surface area contributed by atoms with Crippen molar-refractivity contribution < 1.29 is 14.1 Å². The molecule has 1 amide bonds. The number of anilines is 1. The predicted molar refractivity (Wildman–Crippen MR) is 119 cm³/mol. The molecule has 31 heavy (non-hydrogen) atoms. The average molecular weight is 421 g/mol. The van der Waals surface area contributed by atoms with E-state index in [1.807, 2.05) is 29.2 Å². The Morgan fingerprint density at radius 3 is 2.71 bits per heavy atom. The molecule has 1 fully saturated rings. The Kier molecular flexibility index (Phi) is 6.50. The van der Waals surface area contributed by atoms with E-state index in [0.717, 1.165) is 37.1 Å². The van der Waals surface area contributed by atoms with E-state index < -0.39 is 0 Å². The lowest BCUT2D eigenvalue weighted by Crippen LogP contribution is -2.43. The van der Waals surface area contributed by atoms with E-state index in [4.69, 9.17) is 9.26 Å². The van der Waals surface area contributed by atoms with Crippen molar-refractivity contribution in [1.82, 2.24) is 15.5 Å². The molecule has 0 radical (unpaired) electrons. The highest BCUT2D eigenvalue weighted by atomic mass is 16.5. The maximum Gasteiger partial charge on any atom is 0.324 e. The number of nitrogens with zero attached hydrogens (tertiary/aromatic N) is 3. The van der Waals surface area contributed by atoms with Gasteiger partial charge in [0, 0.05) is 25.2 Å². The molecule has 3 aromatic rings. The van der Waals surface area contributed by atoms with Gasteiger partial charge in [0.05, 0.1) is 13.0 Å². The number of ether oxygens (including phenoxy) is 1. The number of hydrogen-bond acceptors (Lipinski definition) is 6. The van der Waals surface area contributed by atoms with Gasteiger partial charge in [0.2, 0.25) is 11.7 Å². The fourth-order valence-corrected chi connectivity index (χ4v) is 3.80. The normalized spacial score (nSPS) is 16.2. The average Bonchev–Trinajstić information content (AvgIpc) is 3.31. The van der Waals surface area contributed by atoms with E-state index in [9.17, 15) is 4.79 Å². The lowest BCUT2D eigenvalue weighted by atomic mass is 9.97. The number of rotatable bonds is 7. The number of methoxy groups -OCH3 is 1. The quantitative estimate of drug-likeness (QED) is 0.629. The predicted octanol–water partition coefficient (Wildman–Crippen LogP) is 3.63. The molecule has 7 nitrogen and oxygen atoms in total. The van der Waals surface area contributed by atoms with Crippen LogP contribution in [0.25, 0.3) is 11.4 Å². The lowest BCUT2D eigenvalue weighted by Gasteiger charge is -2.30. The lowest BCUT2D eigenvalue weighted by molar-refractivity contribution is -0.125. The van der Waals surface area contributed by atoms with Gasteiger partial charge in [0.1, 0.15) is 5.75 Å². The van der Waals surface area contributed by atoms with Crippen LogP contribution >= 0.6 is 0 Å². The summed E-state index contributed by atoms with van der Waals surface area (Å²) in [7, 11) is 1.63. The Bertz CT molecular complexity index is 998. The van der Waals surface area contributed by atoms with Crippen molar-refractivity contribution in [1.29, 1.82) is 0 Å². The summed E-state index contributed by atoms with van der Waals surface area (Å²) in [6.07, 6.45) is 2.61. The van der Waals surface area contributed by atoms with Crippen LogP contribution in [0.15, 0.2) is 53.1 Å². The van der Waals surface area contributed by atoms with Crippen LogP contribution in [0.1, 0.15) is 24.0 Å². The van der Waals surface area contributed by atoms with Crippen molar-refractivity contribution in [2.45, 2.75) is 26.2 Å². The maximum atomic E-state index is 12.7. The van der Waals surface area contributed by atoms with Crippen molar-refractivity contribution in [3.8, 4) is 17.1 Å². The summed E-state index contributed by atoms with van der Waals surface area (Å²) in [6.45, 7) is 4.10. The van der Waals surface area contributed by atoms with Crippen molar-refractivity contribution in [3.05, 3.63) is 59.7 Å². The number of carbonyl (C=O) groups is 1. The molecule has 162 valence electrons. The van der Waals surface area contributed by atoms with E-state index in [-0.39, 0.29) is 11.8 Å². The first kappa shape index (κ1) is 20.9. The SMILES string of the molecule is COc1ccc(-c2noc(N3CCC[C@@H](C(=O)NCCc4ccc(C)cc4)C3)n2)cc1. The van der Waals surface area contributed by atoms with Crippen LogP contribution < -0.4 is 15.0 Å². The Balaban J connectivity index is 1.32. The second kappa shape index (κ2) is 9.64. The smallest absolute Gasteiger partial charge is 0.324 e. The topological polar surface area (TPSA) is 80.5 Å². The number of benzene rings is 2. The molecule has 4 rings (SSSR count). The highest BCUT2D eigenvalue weighted by molar-refractivity contribution is 5.79. The second-order valence-electron chi connectivity index (χ2n) is 7.94. The van der Waals surface area contributed by atoms with Crippen molar-refractivity contribution in [3.63, 3.8) is 0 Å². The van der Waals surface area contributed by atoms with E-state index in [1.54, 1.807) is 7.11 Å². The molecule has 7 heteroatoms. The first-order valence-corrected chi connectivity index (χ1v) is 10.7. The van der Waals surface area contributed by atoms with Gasteiger partial charge in [0.15, 0.2) is 0 Å². The van der Waals surface area contributed by atoms with E-state index in [1.165, 1.54) is 11.1 Å². The Labute approximate surface area is 182 Å². The van der Waals surface area contributed by atoms with Crippen molar-refractivity contribution >= 4 is 11.9 Å². The summed E-state index contributed by atoms with van der Waals surface area (Å²) >= 11 is 0. The third-order valence-corrected chi connectivity index (χ3v) is 5.66. The molecule has 2 heterocycles. The molecule has 0 saturated carbocycles. The van der Waals surface area contributed by atoms with Gasteiger partial charge in [0.25, 0.3) is 0 Å². The third-order valence-electron chi connectivity index (χ3n) is 5.66. The van der Waals surface area contributed by atoms with Crippen LogP contribution in [-0.4, -0.2) is 42.8 Å². The van der Waals surface area contributed by atoms with Crippen LogP contribution in [0, 0.1) is 12.8 Å². The standard InChI is InChI=1S/C24H28N4O3/c1-17-5-7-18(8-6-17)13-14-25-23(29)20-4-3-15-28(16-20)24-26-22(27-31-24)19-9-11-21(30-2)12-10-19/h5-12,20H,3-4,13-16H2,1-2H3,(H,25,29)/t20-/m1/s1. The summed E-state index contributed by atoms with van der Waals surface area (Å²) in [5, 5.41) is 7.19. The van der Waals surface area contributed by atoms with Crippen LogP contribution in [0.2, 0.25) is 0 Å². The zero-order valence-electron chi connectivity index (χ0n) is 18.0. The number of aromatic nitrogens is 2. The highest BCUT2D eigenvalue weighted by Crippen LogP contribution is 2.25. The molecule has 1 aromatic heterocycles. The van der Waals surface area contributed by atoms with Crippen LogP contribution in [0.3, 0.4) is 0 Å². The molecule has 1 N–H and O–H groups in total. The molecule has 1 aliphatic heterocycles. The van der Waals surface area contributed by atoms with Crippen LogP contribution in [0.5, 0.6) is 5.75 Å². The Morgan fingerprint density at radius 2 is 1.97 bits per heavy atom. The molecule has 2 aromatic carbocycles. The summed E-state index contributed by atoms with van der Waals surface area (Å²) in [6, 6.07) is 16.4. The molecular formula is C24H28N4O3. The van der Waals surface area contributed by atoms with Gasteiger partial charge >= 0.3 is 6.01 Å². The number of carbonyl (C=O) groups excluding carboxylic acids is 1. The van der Waals surface area contributed by atoms with Gasteiger partial charge in [-0.15, -0.1) is 0 Å². The number of piperidine rings is 1. The first-order valence-electron chi connectivity index (χ1n) is 10.7. The summed E-state index contributed by atoms with van der Waals surface area (Å²) < 4.78 is 10.7. The molecule has 1 atom stereocenters. The zero-order chi connectivity index (χ0) is 21.6. The Hall–Kier alpha value is -3.35. The number of nitrogens with one attached hydrogen (secondary N) is 1. The maximum absolute atomic E-state index is 12.7. The van der Waals surface area contributed by atoms with Gasteiger partial charge in [-0.25, -0.2) is 0 Å². The minimum absolute atomic E-state index is 0.0805. The zero-order valence-corrected chi connectivity index (χ0v) is 18.0. The summed E-state index contributed by atoms with van der Waals surface area (Å²) in [4.78, 5) is 19.2. The molecule has 0 unspecified atom stereocenters. The molecule has 1 saturated heterocycles. The van der Waals surface area contributed by atoms with Gasteiger partial charge in [-0.05, 0) is 56.0 Å². The third kappa shape index (κ3) is 5.23. The monoisotopic (exact) mass is 420 g/mol. The highest BCUT2D eigenvalue weighted by Gasteiger charge is 2.28. The first-order chi connectivity index (χ1) is 15.1. The minimum atomic E-state index is -0.0805. The van der Waals surface area contributed by atoms with Crippen LogP contribution in [-0.2, 0) is 11.2 Å². The summed E-state index contributed by atoms with van der Waals surface area (Å²) in [5.41, 5.74) is 3.33. The molecular weight excluding hydrogens is 392 g/mol. The fraction of sp³-hybridized carbons (Fsp3) is 0.375. The number of aryl methyl sites for hydroxylation is 1. The Morgan fingerprint density at radius 1 is 1.19 bits per heavy atom. The van der Waals surface area contributed by atoms with E-state index in [2.05, 4.69) is 46.6 Å². The van der Waals surface area contributed by atoms with Crippen LogP contribution in [0.4, 0.5) is 6.01 Å². The van der Waals surface area contributed by atoms with Gasteiger partial charge in [-0.1, -0.05) is 35.0 Å². The van der Waals surface area contributed by atoms with E-state index in [0.29, 0.717) is 24.9 Å². The molecule has 1 aliphatic rings. The molecule has 0 bridgehead atoms. The summed E-state index contributed by atoms with van der Waals surface area (Å²) in [5.74, 6) is 1.32. The van der Waals surface area contributed by atoms with Gasteiger partial charge in [-0.2, -0.15) is 4.98 Å². The second-order valence-corrected chi connectivity index (χ2v) is 7.94. The number of hydrogen-bond donors (Lipinski definition) is 1. The molecule has 0 spiro atoms.